The van der Waals surface area contributed by atoms with Crippen LogP contribution in [0.5, 0.6) is 0 Å². The van der Waals surface area contributed by atoms with Gasteiger partial charge in [0.05, 0.1) is 17.4 Å². The van der Waals surface area contributed by atoms with Gasteiger partial charge in [-0.05, 0) is 104 Å². The molecule has 0 spiro atoms. The van der Waals surface area contributed by atoms with Crippen LogP contribution < -0.4 is 0 Å². The van der Waals surface area contributed by atoms with Crippen molar-refractivity contribution in [2.45, 2.75) is 118 Å². The Bertz CT molecular complexity index is 628. The van der Waals surface area contributed by atoms with Gasteiger partial charge in [-0.1, -0.05) is 13.8 Å². The fraction of sp³-hybridized carbons (Fsp3) is 0.923. The molecule has 0 unspecified atom stereocenters. The first-order valence-electron chi connectivity index (χ1n) is 12.4. The van der Waals surface area contributed by atoms with Gasteiger partial charge in [0.15, 0.2) is 0 Å². The van der Waals surface area contributed by atoms with Crippen molar-refractivity contribution >= 4 is 11.9 Å². The van der Waals surface area contributed by atoms with Crippen molar-refractivity contribution in [2.24, 2.45) is 28.6 Å². The number of carbonyl (C=O) groups excluding carboxylic acids is 2. The maximum Gasteiger partial charge on any atom is 0.312 e. The van der Waals surface area contributed by atoms with Gasteiger partial charge in [0.2, 0.25) is 5.92 Å². The van der Waals surface area contributed by atoms with Crippen LogP contribution in [-0.2, 0) is 19.1 Å². The fourth-order valence-corrected chi connectivity index (χ4v) is 5.30. The lowest BCUT2D eigenvalue weighted by atomic mass is 9.54. The Morgan fingerprint density at radius 2 is 1.22 bits per heavy atom. The minimum Gasteiger partial charge on any atom is -0.465 e. The first-order chi connectivity index (χ1) is 14.6. The summed E-state index contributed by atoms with van der Waals surface area (Å²) in [5, 5.41) is 0. The van der Waals surface area contributed by atoms with Gasteiger partial charge in [0.1, 0.15) is 5.60 Å². The summed E-state index contributed by atoms with van der Waals surface area (Å²) in [6, 6.07) is 0. The third-order valence-electron chi connectivity index (χ3n) is 7.94. The van der Waals surface area contributed by atoms with Gasteiger partial charge < -0.3 is 9.47 Å². The summed E-state index contributed by atoms with van der Waals surface area (Å²) in [6.07, 6.45) is 8.70. The van der Waals surface area contributed by atoms with E-state index < -0.39 is 23.7 Å². The van der Waals surface area contributed by atoms with Crippen LogP contribution >= 0.6 is 0 Å². The predicted molar refractivity (Wildman–Crippen MR) is 121 cm³/mol. The average molecular weight is 459 g/mol. The molecule has 0 heterocycles. The van der Waals surface area contributed by atoms with Gasteiger partial charge >= 0.3 is 11.9 Å². The molecule has 0 N–H and O–H groups in total. The second-order valence-corrected chi connectivity index (χ2v) is 11.9. The Labute approximate surface area is 193 Å². The van der Waals surface area contributed by atoms with Crippen molar-refractivity contribution in [1.82, 2.24) is 0 Å². The molecule has 4 aliphatic rings. The highest BCUT2D eigenvalue weighted by molar-refractivity contribution is 5.76. The summed E-state index contributed by atoms with van der Waals surface area (Å²) in [5.41, 5.74) is -0.968. The number of ether oxygens (including phenoxy) is 2. The number of hydrogen-bond donors (Lipinski definition) is 0. The first kappa shape index (κ1) is 27.0. The molecular weight excluding hydrogens is 414 g/mol. The van der Waals surface area contributed by atoms with Gasteiger partial charge in [-0.3, -0.25) is 9.59 Å². The van der Waals surface area contributed by atoms with Crippen LogP contribution in [0.1, 0.15) is 106 Å². The molecule has 0 radical (unpaired) electrons. The van der Waals surface area contributed by atoms with Gasteiger partial charge in [-0.15, -0.1) is 0 Å². The van der Waals surface area contributed by atoms with Crippen LogP contribution in [-0.4, -0.2) is 30.1 Å². The molecule has 0 aliphatic heterocycles. The SMILES string of the molecule is CCC(C)(C)C(=O)OC12CC3CC(CC(C3)C1)C2.CCC(C)(C)C(=O)OCCC(C)(F)F. The minimum absolute atomic E-state index is 0.0342. The zero-order valence-corrected chi connectivity index (χ0v) is 21.2. The maximum atomic E-state index is 12.4. The van der Waals surface area contributed by atoms with E-state index in [1.165, 1.54) is 19.3 Å². The van der Waals surface area contributed by atoms with Gasteiger partial charge in [-0.2, -0.15) is 0 Å². The summed E-state index contributed by atoms with van der Waals surface area (Å²) < 4.78 is 35.5. The normalized spacial score (nSPS) is 29.2. The van der Waals surface area contributed by atoms with Crippen LogP contribution in [0.2, 0.25) is 0 Å². The molecule has 0 aromatic carbocycles. The predicted octanol–water partition coefficient (Wildman–Crippen LogP) is 6.95. The smallest absolute Gasteiger partial charge is 0.312 e. The quantitative estimate of drug-likeness (QED) is 0.370. The topological polar surface area (TPSA) is 52.6 Å². The van der Waals surface area contributed by atoms with Gasteiger partial charge in [0.25, 0.3) is 0 Å². The molecule has 4 saturated carbocycles. The second-order valence-electron chi connectivity index (χ2n) is 11.9. The molecule has 6 heteroatoms. The van der Waals surface area contributed by atoms with E-state index in [1.807, 2.05) is 20.8 Å². The van der Waals surface area contributed by atoms with E-state index in [0.29, 0.717) is 6.42 Å². The minimum atomic E-state index is -2.77. The number of esters is 2. The molecule has 0 saturated heterocycles. The van der Waals surface area contributed by atoms with E-state index in [9.17, 15) is 18.4 Å². The maximum absolute atomic E-state index is 12.4. The van der Waals surface area contributed by atoms with Crippen LogP contribution in [0.3, 0.4) is 0 Å². The third-order valence-corrected chi connectivity index (χ3v) is 7.94. The number of hydrogen-bond acceptors (Lipinski definition) is 4. The van der Waals surface area contributed by atoms with Crippen molar-refractivity contribution in [3.8, 4) is 0 Å². The molecule has 4 rings (SSSR count). The Morgan fingerprint density at radius 1 is 0.812 bits per heavy atom. The molecule has 0 aromatic heterocycles. The zero-order chi connectivity index (χ0) is 24.4. The van der Waals surface area contributed by atoms with Crippen LogP contribution in [0, 0.1) is 28.6 Å². The summed E-state index contributed by atoms with van der Waals surface area (Å²) in [7, 11) is 0. The molecule has 0 atom stereocenters. The molecule has 0 aromatic rings. The van der Waals surface area contributed by atoms with Gasteiger partial charge in [-0.25, -0.2) is 8.78 Å². The molecule has 4 fully saturated rings. The molecule has 4 bridgehead atoms. The van der Waals surface area contributed by atoms with Crippen LogP contribution in [0.4, 0.5) is 8.78 Å². The molecule has 4 aliphatic carbocycles. The number of alkyl halides is 2. The van der Waals surface area contributed by atoms with E-state index in [-0.39, 0.29) is 23.6 Å². The van der Waals surface area contributed by atoms with E-state index in [2.05, 4.69) is 6.92 Å². The lowest BCUT2D eigenvalue weighted by Crippen LogP contribution is -2.53. The number of rotatable bonds is 8. The summed E-state index contributed by atoms with van der Waals surface area (Å²) in [5.74, 6) is -0.621. The Morgan fingerprint density at radius 3 is 1.59 bits per heavy atom. The lowest BCUT2D eigenvalue weighted by Gasteiger charge is -2.56. The van der Waals surface area contributed by atoms with E-state index in [0.717, 1.165) is 50.4 Å². The van der Waals surface area contributed by atoms with Crippen LogP contribution in [0.25, 0.3) is 0 Å². The highest BCUT2D eigenvalue weighted by atomic mass is 19.3. The van der Waals surface area contributed by atoms with E-state index >= 15 is 0 Å². The summed E-state index contributed by atoms with van der Waals surface area (Å²) >= 11 is 0. The lowest BCUT2D eigenvalue weighted by molar-refractivity contribution is -0.196. The Hall–Kier alpha value is -1.20. The Balaban J connectivity index is 0.000000237. The monoisotopic (exact) mass is 458 g/mol. The van der Waals surface area contributed by atoms with Crippen molar-refractivity contribution in [3.63, 3.8) is 0 Å². The zero-order valence-electron chi connectivity index (χ0n) is 21.2. The van der Waals surface area contributed by atoms with Gasteiger partial charge in [0, 0.05) is 6.42 Å². The molecule has 0 amide bonds. The van der Waals surface area contributed by atoms with Crippen molar-refractivity contribution in [2.75, 3.05) is 6.61 Å². The van der Waals surface area contributed by atoms with Crippen LogP contribution in [0.15, 0.2) is 0 Å². The molecular formula is C26H44F2O4. The highest BCUT2D eigenvalue weighted by Crippen LogP contribution is 2.57. The van der Waals surface area contributed by atoms with E-state index in [4.69, 9.17) is 9.47 Å². The summed E-state index contributed by atoms with van der Waals surface area (Å²) in [6.45, 7) is 12.0. The average Bonchev–Trinajstić information content (AvgIpc) is 2.65. The molecule has 186 valence electrons. The largest absolute Gasteiger partial charge is 0.465 e. The molecule has 4 nitrogen and oxygen atoms in total. The fourth-order valence-electron chi connectivity index (χ4n) is 5.30. The highest BCUT2D eigenvalue weighted by Gasteiger charge is 2.53. The number of halogens is 2. The number of carbonyl (C=O) groups is 2. The van der Waals surface area contributed by atoms with E-state index in [1.54, 1.807) is 13.8 Å². The van der Waals surface area contributed by atoms with Crippen molar-refractivity contribution in [1.29, 1.82) is 0 Å². The van der Waals surface area contributed by atoms with Crippen molar-refractivity contribution < 1.29 is 27.8 Å². The standard InChI is InChI=1S/C16H26O2.C10H18F2O2/c1-4-15(2,3)14(17)18-16-8-11-5-12(9-16)7-13(6-11)10-16;1-5-9(2,3)8(13)14-7-6-10(4,11)12/h11-13H,4-10H2,1-3H3;5-7H2,1-4H3. The third kappa shape index (κ3) is 7.15. The summed E-state index contributed by atoms with van der Waals surface area (Å²) in [4.78, 5) is 23.7. The molecule has 32 heavy (non-hydrogen) atoms. The van der Waals surface area contributed by atoms with Crippen molar-refractivity contribution in [3.05, 3.63) is 0 Å². The first-order valence-corrected chi connectivity index (χ1v) is 12.4. The second kappa shape index (κ2) is 9.97. The Kier molecular flexibility index (Phi) is 8.42.